The minimum atomic E-state index is -0.263. The number of benzene rings is 3. The Morgan fingerprint density at radius 2 is 1.36 bits per heavy atom. The monoisotopic (exact) mass is 385 g/mol. The van der Waals surface area contributed by atoms with E-state index in [0.29, 0.717) is 21.9 Å². The second-order valence-corrected chi connectivity index (χ2v) is 7.56. The standard InChI is InChI=1S/C24H19NO2S/c1-17-10-8-9-15-20(17)25-23(26)21(19-13-6-3-7-14-19)22(24(25)27)28-16-18-11-4-2-5-12-18/h2-15H,16H2,1H3. The Kier molecular flexibility index (Phi) is 5.13. The van der Waals surface area contributed by atoms with Crippen molar-refractivity contribution >= 4 is 34.8 Å². The van der Waals surface area contributed by atoms with Crippen molar-refractivity contribution in [2.24, 2.45) is 0 Å². The van der Waals surface area contributed by atoms with Crippen molar-refractivity contribution in [1.29, 1.82) is 0 Å². The van der Waals surface area contributed by atoms with Gasteiger partial charge in [-0.2, -0.15) is 0 Å². The first-order valence-electron chi connectivity index (χ1n) is 9.07. The average Bonchev–Trinajstić information content (AvgIpc) is 2.98. The second kappa shape index (κ2) is 7.87. The molecule has 3 nitrogen and oxygen atoms in total. The molecule has 0 N–H and O–H groups in total. The molecule has 2 amide bonds. The predicted molar refractivity (Wildman–Crippen MR) is 115 cm³/mol. The molecule has 0 fully saturated rings. The molecule has 4 rings (SSSR count). The summed E-state index contributed by atoms with van der Waals surface area (Å²) in [5.74, 6) is 0.118. The van der Waals surface area contributed by atoms with E-state index in [9.17, 15) is 9.59 Å². The molecule has 138 valence electrons. The Morgan fingerprint density at radius 1 is 0.750 bits per heavy atom. The molecule has 0 aromatic heterocycles. The predicted octanol–water partition coefficient (Wildman–Crippen LogP) is 5.21. The molecule has 0 radical (unpaired) electrons. The molecular formula is C24H19NO2S. The summed E-state index contributed by atoms with van der Waals surface area (Å²) in [4.78, 5) is 28.4. The van der Waals surface area contributed by atoms with E-state index in [1.807, 2.05) is 91.9 Å². The molecule has 0 unspecified atom stereocenters. The number of amides is 2. The first kappa shape index (κ1) is 18.3. The van der Waals surface area contributed by atoms with Gasteiger partial charge in [-0.25, -0.2) is 4.90 Å². The first-order chi connectivity index (χ1) is 13.7. The number of carbonyl (C=O) groups is 2. The second-order valence-electron chi connectivity index (χ2n) is 6.58. The highest BCUT2D eigenvalue weighted by Gasteiger charge is 2.40. The Morgan fingerprint density at radius 3 is 2.04 bits per heavy atom. The van der Waals surface area contributed by atoms with Gasteiger partial charge in [-0.1, -0.05) is 78.9 Å². The number of carbonyl (C=O) groups excluding carboxylic acids is 2. The molecule has 3 aromatic rings. The van der Waals surface area contributed by atoms with E-state index in [0.717, 1.165) is 16.7 Å². The molecule has 1 aliphatic rings. The summed E-state index contributed by atoms with van der Waals surface area (Å²) in [5, 5.41) is 0. The maximum atomic E-state index is 13.3. The minimum Gasteiger partial charge on any atom is -0.268 e. The quantitative estimate of drug-likeness (QED) is 0.566. The molecule has 0 bridgehead atoms. The van der Waals surface area contributed by atoms with E-state index in [-0.39, 0.29) is 11.8 Å². The van der Waals surface area contributed by atoms with Gasteiger partial charge in [-0.15, -0.1) is 11.8 Å². The first-order valence-corrected chi connectivity index (χ1v) is 10.1. The molecule has 0 atom stereocenters. The van der Waals surface area contributed by atoms with E-state index < -0.39 is 0 Å². The molecule has 0 aliphatic carbocycles. The Bertz CT molecular complexity index is 1060. The smallest absolute Gasteiger partial charge is 0.268 e. The van der Waals surface area contributed by atoms with Crippen molar-refractivity contribution in [2.75, 3.05) is 4.90 Å². The lowest BCUT2D eigenvalue weighted by Crippen LogP contribution is -2.31. The number of thioether (sulfide) groups is 1. The Hall–Kier alpha value is -3.11. The summed E-state index contributed by atoms with van der Waals surface area (Å²) >= 11 is 1.42. The van der Waals surface area contributed by atoms with Crippen LogP contribution in [0.1, 0.15) is 16.7 Å². The van der Waals surface area contributed by atoms with Gasteiger partial charge in [0.15, 0.2) is 0 Å². The number of imide groups is 1. The Balaban J connectivity index is 1.75. The maximum Gasteiger partial charge on any atom is 0.272 e. The van der Waals surface area contributed by atoms with Gasteiger partial charge >= 0.3 is 0 Å². The van der Waals surface area contributed by atoms with Gasteiger partial charge in [-0.3, -0.25) is 9.59 Å². The van der Waals surface area contributed by atoms with E-state index >= 15 is 0 Å². The molecule has 0 saturated heterocycles. The summed E-state index contributed by atoms with van der Waals surface area (Å²) in [6.07, 6.45) is 0. The molecule has 0 spiro atoms. The molecule has 1 heterocycles. The zero-order valence-electron chi connectivity index (χ0n) is 15.5. The van der Waals surface area contributed by atoms with E-state index in [1.165, 1.54) is 16.7 Å². The minimum absolute atomic E-state index is 0.251. The number of nitrogens with zero attached hydrogens (tertiary/aromatic N) is 1. The van der Waals surface area contributed by atoms with Crippen LogP contribution in [0.2, 0.25) is 0 Å². The highest BCUT2D eigenvalue weighted by Crippen LogP contribution is 2.40. The van der Waals surface area contributed by atoms with Crippen molar-refractivity contribution in [3.8, 4) is 0 Å². The SMILES string of the molecule is Cc1ccccc1N1C(=O)C(SCc2ccccc2)=C(c2ccccc2)C1=O. The third-order valence-electron chi connectivity index (χ3n) is 4.69. The number of para-hydroxylation sites is 1. The van der Waals surface area contributed by atoms with Crippen LogP contribution in [0.4, 0.5) is 5.69 Å². The lowest BCUT2D eigenvalue weighted by Gasteiger charge is -2.17. The van der Waals surface area contributed by atoms with Crippen molar-refractivity contribution in [2.45, 2.75) is 12.7 Å². The largest absolute Gasteiger partial charge is 0.272 e. The van der Waals surface area contributed by atoms with Crippen LogP contribution in [0.25, 0.3) is 5.57 Å². The number of hydrogen-bond donors (Lipinski definition) is 0. The lowest BCUT2D eigenvalue weighted by molar-refractivity contribution is -0.119. The van der Waals surface area contributed by atoms with Crippen molar-refractivity contribution < 1.29 is 9.59 Å². The summed E-state index contributed by atoms with van der Waals surface area (Å²) in [5.41, 5.74) is 3.90. The fourth-order valence-corrected chi connectivity index (χ4v) is 4.33. The molecule has 4 heteroatoms. The number of anilines is 1. The van der Waals surface area contributed by atoms with Gasteiger partial charge < -0.3 is 0 Å². The van der Waals surface area contributed by atoms with Gasteiger partial charge in [0, 0.05) is 5.75 Å². The van der Waals surface area contributed by atoms with E-state index in [4.69, 9.17) is 0 Å². The van der Waals surface area contributed by atoms with Crippen molar-refractivity contribution in [3.05, 3.63) is 107 Å². The molecule has 1 aliphatic heterocycles. The summed E-state index contributed by atoms with van der Waals surface area (Å²) in [7, 11) is 0. The average molecular weight is 385 g/mol. The van der Waals surface area contributed by atoms with Crippen LogP contribution >= 0.6 is 11.8 Å². The highest BCUT2D eigenvalue weighted by molar-refractivity contribution is 8.03. The van der Waals surface area contributed by atoms with Crippen LogP contribution < -0.4 is 4.90 Å². The van der Waals surface area contributed by atoms with Gasteiger partial charge in [0.2, 0.25) is 0 Å². The molecule has 0 saturated carbocycles. The molecule has 28 heavy (non-hydrogen) atoms. The summed E-state index contributed by atoms with van der Waals surface area (Å²) in [6, 6.07) is 26.9. The van der Waals surface area contributed by atoms with Gasteiger partial charge in [0.05, 0.1) is 16.2 Å². The third kappa shape index (κ3) is 3.39. The third-order valence-corrected chi connectivity index (χ3v) is 5.83. The topological polar surface area (TPSA) is 37.4 Å². The van der Waals surface area contributed by atoms with E-state index in [2.05, 4.69) is 0 Å². The van der Waals surface area contributed by atoms with Gasteiger partial charge in [0.25, 0.3) is 11.8 Å². The zero-order valence-corrected chi connectivity index (χ0v) is 16.3. The lowest BCUT2D eigenvalue weighted by atomic mass is 10.1. The van der Waals surface area contributed by atoms with Gasteiger partial charge in [0.1, 0.15) is 0 Å². The summed E-state index contributed by atoms with van der Waals surface area (Å²) < 4.78 is 0. The number of hydrogen-bond acceptors (Lipinski definition) is 3. The van der Waals surface area contributed by atoms with Crippen molar-refractivity contribution in [3.63, 3.8) is 0 Å². The van der Waals surface area contributed by atoms with Crippen LogP contribution in [-0.2, 0) is 15.3 Å². The fraction of sp³-hybridized carbons (Fsp3) is 0.0833. The van der Waals surface area contributed by atoms with Crippen LogP contribution in [0.3, 0.4) is 0 Å². The number of rotatable bonds is 5. The van der Waals surface area contributed by atoms with Crippen LogP contribution in [0, 0.1) is 6.92 Å². The van der Waals surface area contributed by atoms with Crippen LogP contribution in [-0.4, -0.2) is 11.8 Å². The molecular weight excluding hydrogens is 366 g/mol. The van der Waals surface area contributed by atoms with Crippen molar-refractivity contribution in [1.82, 2.24) is 0 Å². The number of aryl methyl sites for hydroxylation is 1. The summed E-state index contributed by atoms with van der Waals surface area (Å²) in [6.45, 7) is 1.91. The highest BCUT2D eigenvalue weighted by atomic mass is 32.2. The van der Waals surface area contributed by atoms with Gasteiger partial charge in [-0.05, 0) is 29.7 Å². The van der Waals surface area contributed by atoms with Crippen LogP contribution in [0.15, 0.2) is 89.8 Å². The Labute approximate surface area is 168 Å². The van der Waals surface area contributed by atoms with Crippen LogP contribution in [0.5, 0.6) is 0 Å². The maximum absolute atomic E-state index is 13.3. The zero-order chi connectivity index (χ0) is 19.5. The molecule has 3 aromatic carbocycles. The normalized spacial score (nSPS) is 14.1. The fourth-order valence-electron chi connectivity index (χ4n) is 3.27. The van der Waals surface area contributed by atoms with E-state index in [1.54, 1.807) is 0 Å².